The minimum atomic E-state index is -0.616. The fraction of sp³-hybridized carbons (Fsp3) is 0.375. The number of aryl methyl sites for hydroxylation is 2. The normalized spacial score (nSPS) is 15.9. The van der Waals surface area contributed by atoms with Gasteiger partial charge in [0.15, 0.2) is 0 Å². The van der Waals surface area contributed by atoms with Gasteiger partial charge in [0.1, 0.15) is 5.82 Å². The number of hydrogen-bond donors (Lipinski definition) is 1. The molecule has 0 saturated carbocycles. The van der Waals surface area contributed by atoms with E-state index in [4.69, 9.17) is 0 Å². The summed E-state index contributed by atoms with van der Waals surface area (Å²) in [5.74, 6) is -0.256. The molecule has 20 heavy (non-hydrogen) atoms. The fourth-order valence-electron chi connectivity index (χ4n) is 2.69. The molecule has 1 aromatic carbocycles. The summed E-state index contributed by atoms with van der Waals surface area (Å²) in [7, 11) is 0. The molecule has 1 unspecified atom stereocenters. The highest BCUT2D eigenvalue weighted by Crippen LogP contribution is 2.34. The van der Waals surface area contributed by atoms with Crippen molar-refractivity contribution in [3.63, 3.8) is 0 Å². The van der Waals surface area contributed by atoms with E-state index in [0.717, 1.165) is 22.2 Å². The lowest BCUT2D eigenvalue weighted by atomic mass is 9.98. The van der Waals surface area contributed by atoms with Crippen molar-refractivity contribution < 1.29 is 9.50 Å². The van der Waals surface area contributed by atoms with Crippen LogP contribution in [0.5, 0.6) is 0 Å². The Hall–Kier alpha value is -0.710. The Labute approximate surface area is 130 Å². The second-order valence-corrected chi connectivity index (χ2v) is 7.34. The summed E-state index contributed by atoms with van der Waals surface area (Å²) in [6.07, 6.45) is 4.42. The van der Waals surface area contributed by atoms with Gasteiger partial charge in [-0.25, -0.2) is 4.39 Å². The van der Waals surface area contributed by atoms with Crippen LogP contribution in [0.25, 0.3) is 0 Å². The van der Waals surface area contributed by atoms with Gasteiger partial charge in [0.05, 0.1) is 6.10 Å². The molecule has 1 aliphatic carbocycles. The lowest BCUT2D eigenvalue weighted by molar-refractivity contribution is 0.181. The van der Waals surface area contributed by atoms with Crippen LogP contribution < -0.4 is 0 Å². The Balaban J connectivity index is 1.80. The molecule has 1 N–H and O–H groups in total. The van der Waals surface area contributed by atoms with Gasteiger partial charge in [0, 0.05) is 20.6 Å². The Morgan fingerprint density at radius 3 is 2.85 bits per heavy atom. The number of rotatable bonds is 3. The average molecular weight is 355 g/mol. The zero-order valence-electron chi connectivity index (χ0n) is 11.0. The number of hydrogen-bond acceptors (Lipinski definition) is 2. The molecular formula is C16H16BrFOS. The summed E-state index contributed by atoms with van der Waals surface area (Å²) in [5.41, 5.74) is 1.93. The van der Waals surface area contributed by atoms with E-state index in [2.05, 4.69) is 22.0 Å². The molecule has 3 rings (SSSR count). The zero-order chi connectivity index (χ0) is 14.1. The van der Waals surface area contributed by atoms with Crippen molar-refractivity contribution in [3.05, 3.63) is 55.4 Å². The summed E-state index contributed by atoms with van der Waals surface area (Å²) in [5, 5.41) is 10.4. The van der Waals surface area contributed by atoms with Crippen molar-refractivity contribution in [3.8, 4) is 0 Å². The third-order valence-electron chi connectivity index (χ3n) is 3.77. The van der Waals surface area contributed by atoms with Crippen LogP contribution in [0, 0.1) is 5.82 Å². The first-order valence-corrected chi connectivity index (χ1v) is 8.48. The lowest BCUT2D eigenvalue weighted by Crippen LogP contribution is -2.02. The maximum atomic E-state index is 13.7. The van der Waals surface area contributed by atoms with E-state index in [0.29, 0.717) is 12.0 Å². The van der Waals surface area contributed by atoms with Gasteiger partial charge in [-0.1, -0.05) is 15.9 Å². The molecule has 106 valence electrons. The molecule has 1 heterocycles. The zero-order valence-corrected chi connectivity index (χ0v) is 13.4. The molecule has 0 radical (unpaired) electrons. The van der Waals surface area contributed by atoms with E-state index < -0.39 is 6.10 Å². The standard InChI is InChI=1S/C16H16BrFOS/c17-12-5-6-13(18)11(7-12)8-14(19)16-9-10-3-1-2-4-15(10)20-16/h5-7,9,14,19H,1-4,8H2. The number of aliphatic hydroxyl groups excluding tert-OH is 1. The van der Waals surface area contributed by atoms with E-state index in [1.807, 2.05) is 0 Å². The van der Waals surface area contributed by atoms with Gasteiger partial charge in [-0.2, -0.15) is 0 Å². The summed E-state index contributed by atoms with van der Waals surface area (Å²) in [4.78, 5) is 2.37. The fourth-order valence-corrected chi connectivity index (χ4v) is 4.34. The molecule has 1 atom stereocenters. The monoisotopic (exact) mass is 354 g/mol. The summed E-state index contributed by atoms with van der Waals surface area (Å²) >= 11 is 5.03. The van der Waals surface area contributed by atoms with Gasteiger partial charge in [-0.3, -0.25) is 0 Å². The highest BCUT2D eigenvalue weighted by atomic mass is 79.9. The van der Waals surface area contributed by atoms with Gasteiger partial charge >= 0.3 is 0 Å². The Kier molecular flexibility index (Phi) is 4.24. The Bertz CT molecular complexity index is 599. The third kappa shape index (κ3) is 2.97. The minimum absolute atomic E-state index is 0.256. The smallest absolute Gasteiger partial charge is 0.126 e. The summed E-state index contributed by atoms with van der Waals surface area (Å²) in [6.45, 7) is 0. The highest BCUT2D eigenvalue weighted by molar-refractivity contribution is 9.10. The van der Waals surface area contributed by atoms with E-state index in [1.165, 1.54) is 29.3 Å². The molecule has 1 nitrogen and oxygen atoms in total. The van der Waals surface area contributed by atoms with E-state index in [9.17, 15) is 9.50 Å². The number of halogens is 2. The molecule has 0 amide bonds. The van der Waals surface area contributed by atoms with Crippen LogP contribution in [-0.4, -0.2) is 5.11 Å². The van der Waals surface area contributed by atoms with Gasteiger partial charge in [-0.05, 0) is 61.1 Å². The second-order valence-electron chi connectivity index (χ2n) is 5.26. The van der Waals surface area contributed by atoms with Crippen molar-refractivity contribution in [2.24, 2.45) is 0 Å². The number of benzene rings is 1. The summed E-state index contributed by atoms with van der Waals surface area (Å²) in [6, 6.07) is 6.96. The van der Waals surface area contributed by atoms with Crippen molar-refractivity contribution >= 4 is 27.3 Å². The van der Waals surface area contributed by atoms with Crippen LogP contribution in [0.1, 0.15) is 39.8 Å². The molecule has 0 bridgehead atoms. The second kappa shape index (κ2) is 5.96. The minimum Gasteiger partial charge on any atom is -0.387 e. The van der Waals surface area contributed by atoms with Crippen molar-refractivity contribution in [2.45, 2.75) is 38.2 Å². The van der Waals surface area contributed by atoms with E-state index in [1.54, 1.807) is 23.5 Å². The number of aliphatic hydroxyl groups is 1. The van der Waals surface area contributed by atoms with Crippen molar-refractivity contribution in [2.75, 3.05) is 0 Å². The topological polar surface area (TPSA) is 20.2 Å². The Morgan fingerprint density at radius 1 is 1.25 bits per heavy atom. The van der Waals surface area contributed by atoms with E-state index >= 15 is 0 Å². The first-order chi connectivity index (χ1) is 9.63. The molecule has 0 spiro atoms. The first-order valence-electron chi connectivity index (χ1n) is 6.87. The van der Waals surface area contributed by atoms with Gasteiger partial charge in [-0.15, -0.1) is 11.3 Å². The average Bonchev–Trinajstić information content (AvgIpc) is 2.87. The molecule has 1 aromatic heterocycles. The van der Waals surface area contributed by atoms with Crippen LogP contribution in [0.4, 0.5) is 4.39 Å². The third-order valence-corrected chi connectivity index (χ3v) is 5.60. The van der Waals surface area contributed by atoms with Crippen LogP contribution in [0.15, 0.2) is 28.7 Å². The quantitative estimate of drug-likeness (QED) is 0.838. The van der Waals surface area contributed by atoms with Crippen LogP contribution in [-0.2, 0) is 19.3 Å². The molecule has 0 aliphatic heterocycles. The SMILES string of the molecule is OC(Cc1cc(Br)ccc1F)c1cc2c(s1)CCCC2. The summed E-state index contributed by atoms with van der Waals surface area (Å²) < 4.78 is 14.6. The van der Waals surface area contributed by atoms with Crippen molar-refractivity contribution in [1.29, 1.82) is 0 Å². The predicted molar refractivity (Wildman–Crippen MR) is 83.7 cm³/mol. The predicted octanol–water partition coefficient (Wildman–Crippen LogP) is 4.80. The molecule has 4 heteroatoms. The molecule has 1 aliphatic rings. The van der Waals surface area contributed by atoms with Gasteiger partial charge < -0.3 is 5.11 Å². The Morgan fingerprint density at radius 2 is 2.05 bits per heavy atom. The van der Waals surface area contributed by atoms with Crippen LogP contribution >= 0.6 is 27.3 Å². The maximum Gasteiger partial charge on any atom is 0.126 e. The van der Waals surface area contributed by atoms with Crippen LogP contribution in [0.3, 0.4) is 0 Å². The lowest BCUT2D eigenvalue weighted by Gasteiger charge is -2.09. The molecule has 0 fully saturated rings. The highest BCUT2D eigenvalue weighted by Gasteiger charge is 2.19. The molecule has 2 aromatic rings. The van der Waals surface area contributed by atoms with Crippen LogP contribution in [0.2, 0.25) is 0 Å². The number of fused-ring (bicyclic) bond motifs is 1. The van der Waals surface area contributed by atoms with Gasteiger partial charge in [0.2, 0.25) is 0 Å². The maximum absolute atomic E-state index is 13.7. The van der Waals surface area contributed by atoms with Crippen molar-refractivity contribution in [1.82, 2.24) is 0 Å². The first kappa shape index (κ1) is 14.2. The van der Waals surface area contributed by atoms with E-state index in [-0.39, 0.29) is 5.82 Å². The number of thiophene rings is 1. The molecule has 0 saturated heterocycles. The van der Waals surface area contributed by atoms with Gasteiger partial charge in [0.25, 0.3) is 0 Å². The molecular weight excluding hydrogens is 339 g/mol. The largest absolute Gasteiger partial charge is 0.387 e.